The van der Waals surface area contributed by atoms with E-state index in [1.54, 1.807) is 11.3 Å². The highest BCUT2D eigenvalue weighted by atomic mass is 32.1. The lowest BCUT2D eigenvalue weighted by atomic mass is 9.85. The quantitative estimate of drug-likeness (QED) is 0.805. The average Bonchev–Trinajstić information content (AvgIpc) is 2.72. The van der Waals surface area contributed by atoms with Gasteiger partial charge in [-0.3, -0.25) is 0 Å². The first-order chi connectivity index (χ1) is 9.70. The first-order valence-corrected chi connectivity index (χ1v) is 9.31. The van der Waals surface area contributed by atoms with Crippen molar-refractivity contribution in [2.75, 3.05) is 0 Å². The van der Waals surface area contributed by atoms with Gasteiger partial charge in [0.15, 0.2) is 0 Å². The monoisotopic (exact) mass is 308 g/mol. The standard InChI is InChI=1S/C18H32N2S/c1-13(2)14-7-6-9-18(19,10-8-14)11-16-20-15(12-21-16)17(3,4)5/h12-14H,6-11,19H2,1-5H3. The molecule has 0 radical (unpaired) electrons. The lowest BCUT2D eigenvalue weighted by Crippen LogP contribution is -2.41. The van der Waals surface area contributed by atoms with Gasteiger partial charge >= 0.3 is 0 Å². The van der Waals surface area contributed by atoms with Crippen molar-refractivity contribution >= 4 is 11.3 Å². The van der Waals surface area contributed by atoms with Crippen LogP contribution >= 0.6 is 11.3 Å². The molecule has 2 N–H and O–H groups in total. The van der Waals surface area contributed by atoms with Gasteiger partial charge in [-0.05, 0) is 31.1 Å². The van der Waals surface area contributed by atoms with E-state index in [1.807, 2.05) is 0 Å². The molecule has 2 nitrogen and oxygen atoms in total. The van der Waals surface area contributed by atoms with Crippen molar-refractivity contribution in [3.63, 3.8) is 0 Å². The smallest absolute Gasteiger partial charge is 0.0946 e. The Balaban J connectivity index is 2.02. The molecular formula is C18H32N2S. The fraction of sp³-hybridized carbons (Fsp3) is 0.833. The molecule has 0 bridgehead atoms. The number of hydrogen-bond donors (Lipinski definition) is 1. The number of thiazole rings is 1. The van der Waals surface area contributed by atoms with Crippen molar-refractivity contribution in [3.05, 3.63) is 16.1 Å². The molecule has 1 fully saturated rings. The van der Waals surface area contributed by atoms with Crippen molar-refractivity contribution in [1.29, 1.82) is 0 Å². The van der Waals surface area contributed by atoms with Crippen molar-refractivity contribution in [2.24, 2.45) is 17.6 Å². The fourth-order valence-electron chi connectivity index (χ4n) is 3.34. The Morgan fingerprint density at radius 3 is 2.62 bits per heavy atom. The first-order valence-electron chi connectivity index (χ1n) is 8.43. The molecule has 0 aliphatic heterocycles. The number of aromatic nitrogens is 1. The second-order valence-electron chi connectivity index (χ2n) is 8.35. The molecule has 120 valence electrons. The van der Waals surface area contributed by atoms with Crippen LogP contribution in [0.4, 0.5) is 0 Å². The molecule has 0 aromatic carbocycles. The molecule has 1 aromatic rings. The van der Waals surface area contributed by atoms with Crippen LogP contribution < -0.4 is 5.73 Å². The van der Waals surface area contributed by atoms with Gasteiger partial charge < -0.3 is 5.73 Å². The lowest BCUT2D eigenvalue weighted by Gasteiger charge is -2.27. The van der Waals surface area contributed by atoms with E-state index < -0.39 is 0 Å². The molecule has 1 heterocycles. The maximum Gasteiger partial charge on any atom is 0.0946 e. The summed E-state index contributed by atoms with van der Waals surface area (Å²) >= 11 is 1.79. The van der Waals surface area contributed by atoms with E-state index in [2.05, 4.69) is 40.0 Å². The minimum absolute atomic E-state index is 0.0311. The van der Waals surface area contributed by atoms with E-state index in [1.165, 1.54) is 30.0 Å². The molecular weight excluding hydrogens is 276 g/mol. The molecule has 1 aliphatic carbocycles. The van der Waals surface area contributed by atoms with E-state index in [0.717, 1.165) is 31.1 Å². The Kier molecular flexibility index (Phi) is 5.15. The number of hydrogen-bond acceptors (Lipinski definition) is 3. The summed E-state index contributed by atoms with van der Waals surface area (Å²) < 4.78 is 0. The second-order valence-corrected chi connectivity index (χ2v) is 9.29. The van der Waals surface area contributed by atoms with Gasteiger partial charge in [-0.1, -0.05) is 47.5 Å². The zero-order chi connectivity index (χ0) is 15.7. The third-order valence-electron chi connectivity index (χ3n) is 5.03. The molecule has 1 saturated carbocycles. The first kappa shape index (κ1) is 17.0. The molecule has 2 rings (SSSR count). The van der Waals surface area contributed by atoms with Crippen LogP contribution in [0.1, 0.15) is 77.4 Å². The minimum atomic E-state index is -0.0311. The van der Waals surface area contributed by atoms with E-state index in [4.69, 9.17) is 10.7 Å². The molecule has 2 atom stereocenters. The van der Waals surface area contributed by atoms with Crippen molar-refractivity contribution < 1.29 is 0 Å². The van der Waals surface area contributed by atoms with Crippen molar-refractivity contribution in [1.82, 2.24) is 4.98 Å². The molecule has 0 spiro atoms. The van der Waals surface area contributed by atoms with E-state index >= 15 is 0 Å². The molecule has 2 unspecified atom stereocenters. The summed E-state index contributed by atoms with van der Waals surface area (Å²) in [5.74, 6) is 1.65. The Hall–Kier alpha value is -0.410. The largest absolute Gasteiger partial charge is 0.325 e. The van der Waals surface area contributed by atoms with Crippen LogP contribution in [0.5, 0.6) is 0 Å². The van der Waals surface area contributed by atoms with Gasteiger partial charge in [0.2, 0.25) is 0 Å². The van der Waals surface area contributed by atoms with Gasteiger partial charge in [0.25, 0.3) is 0 Å². The summed E-state index contributed by atoms with van der Waals surface area (Å²) in [6, 6.07) is 0. The average molecular weight is 309 g/mol. The maximum atomic E-state index is 6.74. The number of nitrogens with zero attached hydrogens (tertiary/aromatic N) is 1. The van der Waals surface area contributed by atoms with Gasteiger partial charge in [-0.15, -0.1) is 11.3 Å². The van der Waals surface area contributed by atoms with Gasteiger partial charge in [0.1, 0.15) is 0 Å². The topological polar surface area (TPSA) is 38.9 Å². The third kappa shape index (κ3) is 4.53. The fourth-order valence-corrected chi connectivity index (χ4v) is 4.52. The Morgan fingerprint density at radius 2 is 2.05 bits per heavy atom. The van der Waals surface area contributed by atoms with Crippen molar-refractivity contribution in [2.45, 2.75) is 84.1 Å². The summed E-state index contributed by atoms with van der Waals surface area (Å²) in [4.78, 5) is 4.84. The lowest BCUT2D eigenvalue weighted by molar-refractivity contribution is 0.321. The summed E-state index contributed by atoms with van der Waals surface area (Å²) in [5, 5.41) is 3.44. The summed E-state index contributed by atoms with van der Waals surface area (Å²) in [6.07, 6.45) is 7.17. The zero-order valence-electron chi connectivity index (χ0n) is 14.4. The van der Waals surface area contributed by atoms with Crippen LogP contribution in [0.25, 0.3) is 0 Å². The Morgan fingerprint density at radius 1 is 1.33 bits per heavy atom. The maximum absolute atomic E-state index is 6.74. The van der Waals surface area contributed by atoms with Crippen LogP contribution in [0, 0.1) is 11.8 Å². The molecule has 21 heavy (non-hydrogen) atoms. The number of nitrogens with two attached hydrogens (primary N) is 1. The Labute approximate surface area is 134 Å². The highest BCUT2D eigenvalue weighted by Gasteiger charge is 2.31. The molecule has 1 aliphatic rings. The highest BCUT2D eigenvalue weighted by Crippen LogP contribution is 2.35. The van der Waals surface area contributed by atoms with E-state index in [9.17, 15) is 0 Å². The van der Waals surface area contributed by atoms with Crippen LogP contribution in [0.15, 0.2) is 5.38 Å². The summed E-state index contributed by atoms with van der Waals surface area (Å²) in [7, 11) is 0. The van der Waals surface area contributed by atoms with Crippen LogP contribution in [-0.2, 0) is 11.8 Å². The minimum Gasteiger partial charge on any atom is -0.325 e. The zero-order valence-corrected chi connectivity index (χ0v) is 15.2. The number of rotatable bonds is 3. The molecule has 0 saturated heterocycles. The van der Waals surface area contributed by atoms with Gasteiger partial charge in [0.05, 0.1) is 10.7 Å². The van der Waals surface area contributed by atoms with E-state index in [-0.39, 0.29) is 11.0 Å². The Bertz CT molecular complexity index is 458. The third-order valence-corrected chi connectivity index (χ3v) is 5.88. The van der Waals surface area contributed by atoms with Crippen molar-refractivity contribution in [3.8, 4) is 0 Å². The van der Waals surface area contributed by atoms with Crippen LogP contribution in [0.3, 0.4) is 0 Å². The second kappa shape index (κ2) is 6.37. The highest BCUT2D eigenvalue weighted by molar-refractivity contribution is 7.09. The summed E-state index contributed by atoms with van der Waals surface area (Å²) in [5.41, 5.74) is 8.06. The predicted molar refractivity (Wildman–Crippen MR) is 92.8 cm³/mol. The van der Waals surface area contributed by atoms with Crippen LogP contribution in [-0.4, -0.2) is 10.5 Å². The van der Waals surface area contributed by atoms with Gasteiger partial charge in [0, 0.05) is 22.8 Å². The van der Waals surface area contributed by atoms with Gasteiger partial charge in [-0.2, -0.15) is 0 Å². The molecule has 3 heteroatoms. The molecule has 1 aromatic heterocycles. The van der Waals surface area contributed by atoms with Gasteiger partial charge in [-0.25, -0.2) is 4.98 Å². The normalized spacial score (nSPS) is 27.9. The molecule has 0 amide bonds. The van der Waals surface area contributed by atoms with E-state index in [0.29, 0.717) is 0 Å². The summed E-state index contributed by atoms with van der Waals surface area (Å²) in [6.45, 7) is 11.4. The SMILES string of the molecule is CC(C)C1CCCC(N)(Cc2nc(C(C)(C)C)cs2)CC1. The van der Waals surface area contributed by atoms with Crippen LogP contribution in [0.2, 0.25) is 0 Å². The predicted octanol–water partition coefficient (Wildman–Crippen LogP) is 4.92.